The van der Waals surface area contributed by atoms with Gasteiger partial charge in [-0.15, -0.1) is 0 Å². The molecule has 0 aliphatic rings. The summed E-state index contributed by atoms with van der Waals surface area (Å²) in [6.45, 7) is 0. The Balaban J connectivity index is 1.29. The van der Waals surface area contributed by atoms with Gasteiger partial charge in [0.25, 0.3) is 0 Å². The van der Waals surface area contributed by atoms with Gasteiger partial charge in [-0.3, -0.25) is 0 Å². The molecule has 0 spiro atoms. The van der Waals surface area contributed by atoms with Crippen molar-refractivity contribution in [2.45, 2.75) is 0 Å². The topological polar surface area (TPSA) is 25.8 Å². The van der Waals surface area contributed by atoms with Crippen molar-refractivity contribution < 1.29 is 0 Å². The van der Waals surface area contributed by atoms with E-state index < -0.39 is 0 Å². The maximum atomic E-state index is 5.40. The van der Waals surface area contributed by atoms with E-state index >= 15 is 0 Å². The number of aromatic nitrogens is 2. The minimum Gasteiger partial charge on any atom is -0.228 e. The minimum atomic E-state index is 0.709. The lowest BCUT2D eigenvalue weighted by Crippen LogP contribution is -1.97. The number of rotatable bonds is 4. The highest BCUT2D eigenvalue weighted by molar-refractivity contribution is 6.21. The molecule has 1 aromatic heterocycles. The Kier molecular flexibility index (Phi) is 6.53. The maximum absolute atomic E-state index is 5.40. The second kappa shape index (κ2) is 11.5. The number of benzene rings is 9. The molecular formula is C48H30N2. The molecule has 0 saturated heterocycles. The van der Waals surface area contributed by atoms with E-state index in [2.05, 4.69) is 182 Å². The van der Waals surface area contributed by atoms with Gasteiger partial charge in [0.05, 0.1) is 11.2 Å². The average molecular weight is 635 g/mol. The van der Waals surface area contributed by atoms with Gasteiger partial charge in [-0.25, -0.2) is 9.97 Å². The summed E-state index contributed by atoms with van der Waals surface area (Å²) in [4.78, 5) is 10.7. The van der Waals surface area contributed by atoms with Crippen molar-refractivity contribution in [1.29, 1.82) is 0 Å². The fourth-order valence-corrected chi connectivity index (χ4v) is 7.65. The van der Waals surface area contributed by atoms with E-state index in [1.165, 1.54) is 43.3 Å². The fourth-order valence-electron chi connectivity index (χ4n) is 7.65. The number of hydrogen-bond donors (Lipinski definition) is 0. The van der Waals surface area contributed by atoms with Crippen LogP contribution in [0.1, 0.15) is 0 Å². The molecule has 1 heterocycles. The van der Waals surface area contributed by atoms with E-state index in [1.54, 1.807) is 0 Å². The van der Waals surface area contributed by atoms with E-state index in [0.717, 1.165) is 49.8 Å². The second-order valence-corrected chi connectivity index (χ2v) is 13.0. The van der Waals surface area contributed by atoms with Crippen LogP contribution in [-0.2, 0) is 0 Å². The van der Waals surface area contributed by atoms with Gasteiger partial charge in [0.15, 0.2) is 5.82 Å². The Hall–Kier alpha value is -6.64. The largest absolute Gasteiger partial charge is 0.228 e. The number of nitrogens with zero attached hydrogens (tertiary/aromatic N) is 2. The highest BCUT2D eigenvalue weighted by Crippen LogP contribution is 2.41. The van der Waals surface area contributed by atoms with Gasteiger partial charge < -0.3 is 0 Å². The lowest BCUT2D eigenvalue weighted by molar-refractivity contribution is 1.23. The molecule has 9 aromatic carbocycles. The molecule has 0 aliphatic heterocycles. The van der Waals surface area contributed by atoms with E-state index in [9.17, 15) is 0 Å². The maximum Gasteiger partial charge on any atom is 0.160 e. The van der Waals surface area contributed by atoms with E-state index in [0.29, 0.717) is 5.82 Å². The molecule has 0 saturated carbocycles. The normalized spacial score (nSPS) is 11.6. The smallest absolute Gasteiger partial charge is 0.160 e. The number of hydrogen-bond acceptors (Lipinski definition) is 2. The van der Waals surface area contributed by atoms with Gasteiger partial charge in [0.1, 0.15) is 0 Å². The van der Waals surface area contributed by atoms with Crippen molar-refractivity contribution in [1.82, 2.24) is 9.97 Å². The molecule has 0 aliphatic carbocycles. The summed E-state index contributed by atoms with van der Waals surface area (Å²) in [7, 11) is 0. The quantitative estimate of drug-likeness (QED) is 0.180. The van der Waals surface area contributed by atoms with Crippen LogP contribution in [0.15, 0.2) is 182 Å². The molecule has 0 N–H and O–H groups in total. The van der Waals surface area contributed by atoms with Crippen LogP contribution in [0.5, 0.6) is 0 Å². The van der Waals surface area contributed by atoms with Crippen LogP contribution in [0.3, 0.4) is 0 Å². The molecule has 232 valence electrons. The highest BCUT2D eigenvalue weighted by Gasteiger charge is 2.18. The average Bonchev–Trinajstić information content (AvgIpc) is 3.20. The third kappa shape index (κ3) is 4.65. The van der Waals surface area contributed by atoms with Crippen LogP contribution in [0.2, 0.25) is 0 Å². The standard InChI is InChI=1S/C48H30N2/c1-3-13-31(14-4-1)35-27-36(43-30-44-38-19-9-7-15-32(38)23-25-42(44)40-21-11-12-22-41(40)43)29-37(28-35)48-49-45-26-24-33-16-8-10-20-39(33)46(45)47(50-48)34-17-5-2-6-18-34/h1-30H. The Morgan fingerprint density at radius 3 is 1.64 bits per heavy atom. The summed E-state index contributed by atoms with van der Waals surface area (Å²) in [6, 6.07) is 65.2. The molecule has 0 fully saturated rings. The monoisotopic (exact) mass is 634 g/mol. The van der Waals surface area contributed by atoms with E-state index in [1.807, 2.05) is 0 Å². The Bertz CT molecular complexity index is 2910. The third-order valence-corrected chi connectivity index (χ3v) is 10.0. The summed E-state index contributed by atoms with van der Waals surface area (Å²) in [5.41, 5.74) is 8.54. The molecule has 0 unspecified atom stereocenters. The molecule has 2 nitrogen and oxygen atoms in total. The molecule has 0 atom stereocenters. The van der Waals surface area contributed by atoms with Crippen molar-refractivity contribution in [2.75, 3.05) is 0 Å². The van der Waals surface area contributed by atoms with E-state index in [-0.39, 0.29) is 0 Å². The highest BCUT2D eigenvalue weighted by atomic mass is 14.9. The molecule has 50 heavy (non-hydrogen) atoms. The van der Waals surface area contributed by atoms with Crippen molar-refractivity contribution in [3.05, 3.63) is 182 Å². The Morgan fingerprint density at radius 2 is 0.860 bits per heavy atom. The van der Waals surface area contributed by atoms with Crippen molar-refractivity contribution in [2.24, 2.45) is 0 Å². The fraction of sp³-hybridized carbons (Fsp3) is 0. The first-order valence-electron chi connectivity index (χ1n) is 17.1. The first kappa shape index (κ1) is 28.4. The summed E-state index contributed by atoms with van der Waals surface area (Å²) >= 11 is 0. The lowest BCUT2D eigenvalue weighted by atomic mass is 9.89. The predicted molar refractivity (Wildman–Crippen MR) is 211 cm³/mol. The Morgan fingerprint density at radius 1 is 0.300 bits per heavy atom. The van der Waals surface area contributed by atoms with Gasteiger partial charge in [0.2, 0.25) is 0 Å². The number of fused-ring (bicyclic) bond motifs is 8. The summed E-state index contributed by atoms with van der Waals surface area (Å²) in [6.07, 6.45) is 0. The first-order valence-corrected chi connectivity index (χ1v) is 17.1. The molecule has 10 aromatic rings. The predicted octanol–water partition coefficient (Wildman–Crippen LogP) is 12.9. The third-order valence-electron chi connectivity index (χ3n) is 10.0. The SMILES string of the molecule is c1ccc(-c2cc(-c3nc(-c4ccccc4)c4c(ccc5ccccc54)n3)cc(-c3cc4c5ccccc5ccc4c4ccccc34)c2)cc1. The minimum absolute atomic E-state index is 0.709. The zero-order valence-corrected chi connectivity index (χ0v) is 27.2. The van der Waals surface area contributed by atoms with Gasteiger partial charge in [0, 0.05) is 16.5 Å². The van der Waals surface area contributed by atoms with Gasteiger partial charge >= 0.3 is 0 Å². The molecule has 0 amide bonds. The van der Waals surface area contributed by atoms with Crippen LogP contribution in [0.4, 0.5) is 0 Å². The van der Waals surface area contributed by atoms with Crippen LogP contribution < -0.4 is 0 Å². The van der Waals surface area contributed by atoms with Crippen LogP contribution in [-0.4, -0.2) is 9.97 Å². The van der Waals surface area contributed by atoms with Crippen molar-refractivity contribution in [3.8, 4) is 44.9 Å². The van der Waals surface area contributed by atoms with Gasteiger partial charge in [-0.1, -0.05) is 152 Å². The van der Waals surface area contributed by atoms with Crippen LogP contribution in [0.25, 0.3) is 98.9 Å². The van der Waals surface area contributed by atoms with E-state index in [4.69, 9.17) is 9.97 Å². The molecular weight excluding hydrogens is 605 g/mol. The summed E-state index contributed by atoms with van der Waals surface area (Å²) in [5.74, 6) is 0.709. The second-order valence-electron chi connectivity index (χ2n) is 13.0. The summed E-state index contributed by atoms with van der Waals surface area (Å²) < 4.78 is 0. The zero-order chi connectivity index (χ0) is 33.0. The molecule has 2 heteroatoms. The van der Waals surface area contributed by atoms with Gasteiger partial charge in [-0.2, -0.15) is 0 Å². The van der Waals surface area contributed by atoms with Crippen molar-refractivity contribution >= 4 is 54.0 Å². The Labute approximate surface area is 290 Å². The van der Waals surface area contributed by atoms with Gasteiger partial charge in [-0.05, 0) is 95.7 Å². The lowest BCUT2D eigenvalue weighted by Gasteiger charge is -2.16. The first-order chi connectivity index (χ1) is 24.8. The molecule has 0 bridgehead atoms. The van der Waals surface area contributed by atoms with Crippen LogP contribution in [0, 0.1) is 0 Å². The van der Waals surface area contributed by atoms with Crippen LogP contribution >= 0.6 is 0 Å². The molecule has 10 rings (SSSR count). The zero-order valence-electron chi connectivity index (χ0n) is 27.2. The van der Waals surface area contributed by atoms with Crippen molar-refractivity contribution in [3.63, 3.8) is 0 Å². The molecule has 0 radical (unpaired) electrons. The summed E-state index contributed by atoms with van der Waals surface area (Å²) in [5, 5.41) is 10.9.